The van der Waals surface area contributed by atoms with Crippen molar-refractivity contribution in [2.75, 3.05) is 0 Å². The Bertz CT molecular complexity index is 234. The molecular formula is C5H5BaNOS. The third-order valence-electron chi connectivity index (χ3n) is 0.803. The maximum Gasteiger partial charge on any atom is 0.142 e. The smallest absolute Gasteiger partial charge is 0.142 e. The van der Waals surface area contributed by atoms with Crippen molar-refractivity contribution < 1.29 is 5.21 Å². The molecule has 0 aliphatic heterocycles. The summed E-state index contributed by atoms with van der Waals surface area (Å²) < 4.78 is 1.32. The number of aromatic nitrogens is 1. The van der Waals surface area contributed by atoms with Gasteiger partial charge in [-0.2, -0.15) is 4.73 Å². The molecule has 0 saturated heterocycles. The number of pyridine rings is 1. The summed E-state index contributed by atoms with van der Waals surface area (Å²) in [6.07, 6.45) is 1.49. The first-order valence-electron chi connectivity index (χ1n) is 2.17. The Labute approximate surface area is 98.5 Å². The molecule has 0 aliphatic carbocycles. The normalized spacial score (nSPS) is 8.00. The topological polar surface area (TPSA) is 25.2 Å². The molecule has 0 aromatic carbocycles. The Hall–Kier alpha value is 0.741. The van der Waals surface area contributed by atoms with Gasteiger partial charge in [-0.1, -0.05) is 18.3 Å². The average molecular weight is 264 g/mol. The van der Waals surface area contributed by atoms with Crippen molar-refractivity contribution in [3.63, 3.8) is 0 Å². The largest absolute Gasteiger partial charge is 0.428 e. The summed E-state index contributed by atoms with van der Waals surface area (Å²) in [5, 5.41) is 8.73. The maximum absolute atomic E-state index is 8.73. The van der Waals surface area contributed by atoms with Crippen LogP contribution in [-0.2, 0) is 0 Å². The van der Waals surface area contributed by atoms with Crippen molar-refractivity contribution in [2.45, 2.75) is 0 Å². The zero-order valence-electron chi connectivity index (χ0n) is 4.82. The second-order valence-electron chi connectivity index (χ2n) is 1.38. The summed E-state index contributed by atoms with van der Waals surface area (Å²) in [5.74, 6) is 0. The molecule has 0 atom stereocenters. The van der Waals surface area contributed by atoms with E-state index in [4.69, 9.17) is 5.21 Å². The second-order valence-corrected chi connectivity index (χ2v) is 1.80. The van der Waals surface area contributed by atoms with Crippen LogP contribution in [0.1, 0.15) is 0 Å². The van der Waals surface area contributed by atoms with Crippen LogP contribution >= 0.6 is 12.2 Å². The van der Waals surface area contributed by atoms with E-state index in [0.717, 1.165) is 4.73 Å². The van der Waals surface area contributed by atoms with Crippen molar-refractivity contribution >= 4 is 61.1 Å². The third kappa shape index (κ3) is 2.88. The Morgan fingerprint density at radius 3 is 2.44 bits per heavy atom. The molecule has 0 aliphatic rings. The van der Waals surface area contributed by atoms with E-state index in [1.165, 1.54) is 6.20 Å². The summed E-state index contributed by atoms with van der Waals surface area (Å²) in [6, 6.07) is 5.13. The predicted octanol–water partition coefficient (Wildman–Crippen LogP) is 1.07. The fraction of sp³-hybridized carbons (Fsp3) is 0. The zero-order chi connectivity index (χ0) is 5.98. The molecule has 0 saturated carbocycles. The van der Waals surface area contributed by atoms with E-state index in [9.17, 15) is 0 Å². The van der Waals surface area contributed by atoms with E-state index < -0.39 is 0 Å². The van der Waals surface area contributed by atoms with Gasteiger partial charge in [-0.3, -0.25) is 0 Å². The van der Waals surface area contributed by atoms with Gasteiger partial charge in [0.25, 0.3) is 0 Å². The minimum atomic E-state index is 0. The van der Waals surface area contributed by atoms with Crippen LogP contribution in [0.5, 0.6) is 0 Å². The molecule has 0 unspecified atom stereocenters. The van der Waals surface area contributed by atoms with E-state index in [-0.39, 0.29) is 48.9 Å². The third-order valence-corrected chi connectivity index (χ3v) is 1.13. The summed E-state index contributed by atoms with van der Waals surface area (Å²) in [7, 11) is 0. The number of hydrogen-bond acceptors (Lipinski definition) is 2. The second kappa shape index (κ2) is 4.54. The first-order chi connectivity index (χ1) is 3.80. The number of rotatable bonds is 0. The molecule has 2 nitrogen and oxygen atoms in total. The van der Waals surface area contributed by atoms with Crippen molar-refractivity contribution in [1.29, 1.82) is 0 Å². The van der Waals surface area contributed by atoms with Crippen LogP contribution in [0.25, 0.3) is 0 Å². The molecule has 0 spiro atoms. The fourth-order valence-electron chi connectivity index (χ4n) is 0.419. The van der Waals surface area contributed by atoms with E-state index in [2.05, 4.69) is 12.2 Å². The first kappa shape index (κ1) is 9.74. The average Bonchev–Trinajstić information content (AvgIpc) is 1.77. The van der Waals surface area contributed by atoms with Gasteiger partial charge >= 0.3 is 0 Å². The van der Waals surface area contributed by atoms with Gasteiger partial charge < -0.3 is 5.21 Å². The maximum atomic E-state index is 8.73. The van der Waals surface area contributed by atoms with Gasteiger partial charge in [0, 0.05) is 55.1 Å². The minimum absolute atomic E-state index is 0. The van der Waals surface area contributed by atoms with Crippen LogP contribution in [0.2, 0.25) is 0 Å². The SMILES string of the molecule is On1ccccc1=S.[Ba]. The van der Waals surface area contributed by atoms with Crippen LogP contribution in [0, 0.1) is 4.64 Å². The monoisotopic (exact) mass is 265 g/mol. The quantitative estimate of drug-likeness (QED) is 0.431. The Morgan fingerprint density at radius 1 is 1.44 bits per heavy atom. The molecule has 1 aromatic heterocycles. The van der Waals surface area contributed by atoms with E-state index in [0.29, 0.717) is 4.64 Å². The zero-order valence-corrected chi connectivity index (χ0v) is 10.1. The molecule has 1 rings (SSSR count). The summed E-state index contributed by atoms with van der Waals surface area (Å²) in [6.45, 7) is 0. The Morgan fingerprint density at radius 2 is 2.11 bits per heavy atom. The molecule has 1 N–H and O–H groups in total. The Kier molecular flexibility index (Phi) is 4.91. The van der Waals surface area contributed by atoms with Crippen LogP contribution in [0.4, 0.5) is 0 Å². The van der Waals surface area contributed by atoms with Gasteiger partial charge in [0.15, 0.2) is 0 Å². The van der Waals surface area contributed by atoms with Gasteiger partial charge in [0.1, 0.15) is 4.64 Å². The molecule has 0 fully saturated rings. The Balaban J connectivity index is 0.000000640. The van der Waals surface area contributed by atoms with Crippen LogP contribution < -0.4 is 0 Å². The summed E-state index contributed by atoms with van der Waals surface area (Å²) >= 11 is 4.67. The van der Waals surface area contributed by atoms with E-state index in [1.54, 1.807) is 18.2 Å². The van der Waals surface area contributed by atoms with Crippen molar-refractivity contribution in [3.8, 4) is 0 Å². The van der Waals surface area contributed by atoms with Gasteiger partial charge in [-0.25, -0.2) is 0 Å². The first-order valence-corrected chi connectivity index (χ1v) is 2.58. The van der Waals surface area contributed by atoms with Gasteiger partial charge in [-0.05, 0) is 12.1 Å². The fourth-order valence-corrected chi connectivity index (χ4v) is 0.558. The van der Waals surface area contributed by atoms with Crippen LogP contribution in [0.3, 0.4) is 0 Å². The van der Waals surface area contributed by atoms with E-state index in [1.807, 2.05) is 0 Å². The molecular weight excluding hydrogens is 259 g/mol. The molecule has 4 heteroatoms. The molecule has 0 bridgehead atoms. The van der Waals surface area contributed by atoms with Gasteiger partial charge in [-0.15, -0.1) is 0 Å². The molecule has 1 heterocycles. The summed E-state index contributed by atoms with van der Waals surface area (Å²) in [5.41, 5.74) is 0. The van der Waals surface area contributed by atoms with Gasteiger partial charge in [0.2, 0.25) is 0 Å². The molecule has 2 radical (unpaired) electrons. The minimum Gasteiger partial charge on any atom is -0.428 e. The molecule has 1 aromatic rings. The van der Waals surface area contributed by atoms with Crippen molar-refractivity contribution in [1.82, 2.24) is 4.73 Å². The van der Waals surface area contributed by atoms with Crippen LogP contribution in [0.15, 0.2) is 24.4 Å². The van der Waals surface area contributed by atoms with Crippen molar-refractivity contribution in [3.05, 3.63) is 29.0 Å². The number of hydrogen-bond donors (Lipinski definition) is 1. The van der Waals surface area contributed by atoms with Crippen molar-refractivity contribution in [2.24, 2.45) is 0 Å². The molecule has 0 amide bonds. The number of nitrogens with zero attached hydrogens (tertiary/aromatic N) is 1. The van der Waals surface area contributed by atoms with Crippen LogP contribution in [-0.4, -0.2) is 58.8 Å². The standard InChI is InChI=1S/C5H5NOS.Ba/c7-6-4-2-1-3-5(6)8;/h1-4,7H;. The van der Waals surface area contributed by atoms with Gasteiger partial charge in [0.05, 0.1) is 0 Å². The predicted molar refractivity (Wildman–Crippen MR) is 38.2 cm³/mol. The summed E-state index contributed by atoms with van der Waals surface area (Å²) in [4.78, 5) is 0. The molecule has 9 heavy (non-hydrogen) atoms. The van der Waals surface area contributed by atoms with E-state index >= 15 is 0 Å². The molecule has 44 valence electrons.